The zero-order valence-electron chi connectivity index (χ0n) is 14.0. The summed E-state index contributed by atoms with van der Waals surface area (Å²) in [5.74, 6) is -0.440. The molecular weight excluding hydrogens is 368 g/mol. The quantitative estimate of drug-likeness (QED) is 0.449. The van der Waals surface area contributed by atoms with Gasteiger partial charge in [0, 0.05) is 25.5 Å². The molecule has 1 saturated heterocycles. The first-order valence-corrected chi connectivity index (χ1v) is 9.39. The highest BCUT2D eigenvalue weighted by molar-refractivity contribution is 8.26. The molecule has 1 aromatic heterocycles. The minimum Gasteiger partial charge on any atom is -0.354 e. The van der Waals surface area contributed by atoms with Crippen LogP contribution >= 0.6 is 24.0 Å². The smallest absolute Gasteiger partial charge is 0.266 e. The van der Waals surface area contributed by atoms with Crippen molar-refractivity contribution < 1.29 is 9.59 Å². The maximum Gasteiger partial charge on any atom is 0.266 e. The van der Waals surface area contributed by atoms with Crippen molar-refractivity contribution in [2.24, 2.45) is 0 Å². The number of carbonyl (C=O) groups is 2. The van der Waals surface area contributed by atoms with Gasteiger partial charge >= 0.3 is 0 Å². The Labute approximate surface area is 161 Å². The Morgan fingerprint density at radius 1 is 1.31 bits per heavy atom. The van der Waals surface area contributed by atoms with E-state index in [1.165, 1.54) is 16.7 Å². The van der Waals surface area contributed by atoms with Crippen LogP contribution < -0.4 is 5.32 Å². The summed E-state index contributed by atoms with van der Waals surface area (Å²) in [5, 5.41) is 2.82. The first kappa shape index (κ1) is 18.3. The van der Waals surface area contributed by atoms with E-state index in [0.717, 1.165) is 18.5 Å². The van der Waals surface area contributed by atoms with Crippen molar-refractivity contribution >= 4 is 46.2 Å². The highest BCUT2D eigenvalue weighted by atomic mass is 32.2. The normalized spacial score (nSPS) is 15.7. The Hall–Kier alpha value is -2.45. The lowest BCUT2D eigenvalue weighted by Crippen LogP contribution is -2.39. The van der Waals surface area contributed by atoms with Gasteiger partial charge in [0.05, 0.1) is 11.2 Å². The summed E-state index contributed by atoms with van der Waals surface area (Å²) in [4.78, 5) is 30.5. The van der Waals surface area contributed by atoms with Gasteiger partial charge in [0.1, 0.15) is 10.9 Å². The van der Waals surface area contributed by atoms with Crippen LogP contribution in [0.3, 0.4) is 0 Å². The second-order valence-electron chi connectivity index (χ2n) is 5.68. The van der Waals surface area contributed by atoms with Crippen LogP contribution in [-0.4, -0.2) is 43.7 Å². The predicted molar refractivity (Wildman–Crippen MR) is 106 cm³/mol. The maximum absolute atomic E-state index is 12.5. The third-order valence-corrected chi connectivity index (χ3v) is 5.12. The lowest BCUT2D eigenvalue weighted by atomic mass is 10.2. The number of nitrogens with one attached hydrogen (secondary N) is 1. The molecule has 0 saturated carbocycles. The van der Waals surface area contributed by atoms with E-state index >= 15 is 0 Å². The minimum atomic E-state index is -0.225. The molecular formula is C18H18N4O2S2. The predicted octanol–water partition coefficient (Wildman–Crippen LogP) is 2.29. The van der Waals surface area contributed by atoms with Crippen LogP contribution in [0, 0.1) is 0 Å². The Kier molecular flexibility index (Phi) is 6.19. The summed E-state index contributed by atoms with van der Waals surface area (Å²) in [6.45, 7) is 1.26. The van der Waals surface area contributed by atoms with E-state index < -0.39 is 0 Å². The van der Waals surface area contributed by atoms with Crippen molar-refractivity contribution in [3.05, 3.63) is 59.5 Å². The van der Waals surface area contributed by atoms with Gasteiger partial charge in [-0.15, -0.1) is 0 Å². The first-order chi connectivity index (χ1) is 12.6. The van der Waals surface area contributed by atoms with Crippen LogP contribution in [0.4, 0.5) is 0 Å². The largest absolute Gasteiger partial charge is 0.354 e. The van der Waals surface area contributed by atoms with Crippen LogP contribution in [0.5, 0.6) is 0 Å². The minimum absolute atomic E-state index is 0.0537. The molecule has 134 valence electrons. The Morgan fingerprint density at radius 3 is 2.85 bits per heavy atom. The lowest BCUT2D eigenvalue weighted by molar-refractivity contribution is -0.128. The summed E-state index contributed by atoms with van der Waals surface area (Å²) in [6.07, 6.45) is 7.91. The number of thiocarbonyl (C=S) groups is 1. The SMILES string of the molecule is O=C(CN1C(=O)/C(=C\c2ccccc2)SC1=S)NCCCn1ccnc1. The van der Waals surface area contributed by atoms with Gasteiger partial charge in [-0.25, -0.2) is 4.98 Å². The zero-order chi connectivity index (χ0) is 18.4. The molecule has 6 nitrogen and oxygen atoms in total. The second-order valence-corrected chi connectivity index (χ2v) is 7.36. The number of hydrogen-bond acceptors (Lipinski definition) is 5. The molecule has 1 fully saturated rings. The zero-order valence-corrected chi connectivity index (χ0v) is 15.6. The number of carbonyl (C=O) groups excluding carboxylic acids is 2. The molecule has 3 rings (SSSR count). The van der Waals surface area contributed by atoms with E-state index in [2.05, 4.69) is 10.3 Å². The van der Waals surface area contributed by atoms with E-state index in [9.17, 15) is 9.59 Å². The third kappa shape index (κ3) is 4.80. The molecule has 2 aromatic rings. The van der Waals surface area contributed by atoms with E-state index in [-0.39, 0.29) is 18.4 Å². The van der Waals surface area contributed by atoms with Crippen molar-refractivity contribution in [1.82, 2.24) is 19.8 Å². The van der Waals surface area contributed by atoms with Gasteiger partial charge < -0.3 is 9.88 Å². The topological polar surface area (TPSA) is 67.2 Å². The summed E-state index contributed by atoms with van der Waals surface area (Å²) in [6, 6.07) is 9.56. The average molecular weight is 387 g/mol. The first-order valence-electron chi connectivity index (χ1n) is 8.16. The van der Waals surface area contributed by atoms with Crippen molar-refractivity contribution in [3.8, 4) is 0 Å². The molecule has 2 amide bonds. The Morgan fingerprint density at radius 2 is 2.12 bits per heavy atom. The molecule has 1 aliphatic rings. The fourth-order valence-corrected chi connectivity index (χ4v) is 3.70. The van der Waals surface area contributed by atoms with Gasteiger partial charge in [-0.05, 0) is 18.1 Å². The molecule has 0 unspecified atom stereocenters. The molecule has 1 aromatic carbocycles. The van der Waals surface area contributed by atoms with Gasteiger partial charge in [-0.1, -0.05) is 54.3 Å². The molecule has 26 heavy (non-hydrogen) atoms. The lowest BCUT2D eigenvalue weighted by Gasteiger charge is -2.14. The highest BCUT2D eigenvalue weighted by Crippen LogP contribution is 2.32. The van der Waals surface area contributed by atoms with Gasteiger partial charge in [-0.3, -0.25) is 14.5 Å². The molecule has 1 N–H and O–H groups in total. The summed E-state index contributed by atoms with van der Waals surface area (Å²) in [7, 11) is 0. The fraction of sp³-hybridized carbons (Fsp3) is 0.222. The van der Waals surface area contributed by atoms with Crippen molar-refractivity contribution in [2.45, 2.75) is 13.0 Å². The summed E-state index contributed by atoms with van der Waals surface area (Å²) < 4.78 is 2.36. The summed E-state index contributed by atoms with van der Waals surface area (Å²) in [5.41, 5.74) is 0.928. The second kappa shape index (κ2) is 8.77. The molecule has 0 bridgehead atoms. The van der Waals surface area contributed by atoms with Crippen LogP contribution in [0.2, 0.25) is 0 Å². The molecule has 8 heteroatoms. The third-order valence-electron chi connectivity index (χ3n) is 3.75. The molecule has 0 aliphatic carbocycles. The monoisotopic (exact) mass is 386 g/mol. The van der Waals surface area contributed by atoms with Crippen LogP contribution in [0.25, 0.3) is 6.08 Å². The fourth-order valence-electron chi connectivity index (χ4n) is 2.44. The van der Waals surface area contributed by atoms with Crippen molar-refractivity contribution in [3.63, 3.8) is 0 Å². The molecule has 1 aliphatic heterocycles. The van der Waals surface area contributed by atoms with Crippen LogP contribution in [-0.2, 0) is 16.1 Å². The number of hydrogen-bond donors (Lipinski definition) is 1. The van der Waals surface area contributed by atoms with E-state index in [0.29, 0.717) is 15.8 Å². The van der Waals surface area contributed by atoms with Crippen molar-refractivity contribution in [2.75, 3.05) is 13.1 Å². The van der Waals surface area contributed by atoms with Gasteiger partial charge in [0.25, 0.3) is 5.91 Å². The summed E-state index contributed by atoms with van der Waals surface area (Å²) >= 11 is 6.48. The number of aryl methyl sites for hydroxylation is 1. The number of thioether (sulfide) groups is 1. The van der Waals surface area contributed by atoms with Crippen LogP contribution in [0.1, 0.15) is 12.0 Å². The standard InChI is InChI=1S/C18H18N4O2S2/c23-16(20-7-4-9-21-10-8-19-13-21)12-22-17(24)15(26-18(22)25)11-14-5-2-1-3-6-14/h1-3,5-6,8,10-11,13H,4,7,9,12H2,(H,20,23)/b15-11+. The van der Waals surface area contributed by atoms with Crippen molar-refractivity contribution in [1.29, 1.82) is 0 Å². The number of benzene rings is 1. The van der Waals surface area contributed by atoms with E-state index in [1.54, 1.807) is 18.6 Å². The van der Waals surface area contributed by atoms with Crippen LogP contribution in [0.15, 0.2) is 54.0 Å². The molecule has 2 heterocycles. The van der Waals surface area contributed by atoms with Gasteiger partial charge in [0.2, 0.25) is 5.91 Å². The van der Waals surface area contributed by atoms with E-state index in [4.69, 9.17) is 12.2 Å². The maximum atomic E-state index is 12.5. The number of nitrogens with zero attached hydrogens (tertiary/aromatic N) is 3. The van der Waals surface area contributed by atoms with E-state index in [1.807, 2.05) is 41.1 Å². The number of aromatic nitrogens is 2. The Balaban J connectivity index is 1.49. The molecule has 0 atom stereocenters. The number of imidazole rings is 1. The highest BCUT2D eigenvalue weighted by Gasteiger charge is 2.33. The molecule has 0 spiro atoms. The van der Waals surface area contributed by atoms with Gasteiger partial charge in [-0.2, -0.15) is 0 Å². The number of amides is 2. The average Bonchev–Trinajstić information content (AvgIpc) is 3.24. The molecule has 0 radical (unpaired) electrons. The number of rotatable bonds is 7. The Bertz CT molecular complexity index is 819. The van der Waals surface area contributed by atoms with Gasteiger partial charge in [0.15, 0.2) is 0 Å².